The molecule has 3 aromatic carbocycles. The zero-order valence-corrected chi connectivity index (χ0v) is 19.2. The Balaban J connectivity index is 1.40. The van der Waals surface area contributed by atoms with E-state index in [4.69, 9.17) is 9.47 Å². The van der Waals surface area contributed by atoms with E-state index in [9.17, 15) is 9.59 Å². The van der Waals surface area contributed by atoms with Crippen LogP contribution in [0.25, 0.3) is 0 Å². The molecule has 7 heteroatoms. The van der Waals surface area contributed by atoms with Crippen LogP contribution in [0.3, 0.4) is 0 Å². The molecule has 2 amide bonds. The summed E-state index contributed by atoms with van der Waals surface area (Å²) >= 11 is 1.73. The maximum absolute atomic E-state index is 13.0. The van der Waals surface area contributed by atoms with Crippen molar-refractivity contribution in [3.8, 4) is 5.75 Å². The Labute approximate surface area is 197 Å². The first-order valence-corrected chi connectivity index (χ1v) is 11.9. The number of hydrogen-bond donors (Lipinski definition) is 1. The maximum atomic E-state index is 13.0. The third kappa shape index (κ3) is 5.87. The molecule has 0 spiro atoms. The number of hydrogen-bond acceptors (Lipinski definition) is 5. The van der Waals surface area contributed by atoms with Crippen molar-refractivity contribution in [2.45, 2.75) is 18.9 Å². The maximum Gasteiger partial charge on any atom is 0.338 e. The van der Waals surface area contributed by atoms with Crippen molar-refractivity contribution in [1.29, 1.82) is 0 Å². The van der Waals surface area contributed by atoms with E-state index in [1.807, 2.05) is 59.5 Å². The van der Waals surface area contributed by atoms with E-state index in [2.05, 4.69) is 5.32 Å². The molecule has 1 unspecified atom stereocenters. The molecule has 0 radical (unpaired) electrons. The Kier molecular flexibility index (Phi) is 7.52. The summed E-state index contributed by atoms with van der Waals surface area (Å²) < 4.78 is 11.0. The standard InChI is InChI=1S/C26H26N2O4S/c1-2-31-25(29)20-11-13-22(14-12-20)27-26(30)28-15-16-33-24(28)21-9-6-10-23(17-21)32-18-19-7-4-3-5-8-19/h3-14,17,24H,2,15-16,18H2,1H3,(H,27,30). The summed E-state index contributed by atoms with van der Waals surface area (Å²) in [5.74, 6) is 1.26. The van der Waals surface area contributed by atoms with Crippen molar-refractivity contribution >= 4 is 29.4 Å². The van der Waals surface area contributed by atoms with Gasteiger partial charge in [0.15, 0.2) is 0 Å². The van der Waals surface area contributed by atoms with Crippen molar-refractivity contribution in [1.82, 2.24) is 4.90 Å². The van der Waals surface area contributed by atoms with Gasteiger partial charge in [-0.05, 0) is 54.4 Å². The molecule has 3 aromatic rings. The molecule has 1 fully saturated rings. The number of urea groups is 1. The molecule has 1 saturated heterocycles. The molecule has 1 N–H and O–H groups in total. The van der Waals surface area contributed by atoms with Crippen molar-refractivity contribution < 1.29 is 19.1 Å². The molecule has 4 rings (SSSR count). The van der Waals surface area contributed by atoms with E-state index in [0.717, 1.165) is 22.6 Å². The molecule has 1 aliphatic rings. The van der Waals surface area contributed by atoms with Crippen LogP contribution in [0.1, 0.15) is 33.8 Å². The van der Waals surface area contributed by atoms with Crippen molar-refractivity contribution in [2.75, 3.05) is 24.2 Å². The molecule has 1 aliphatic heterocycles. The highest BCUT2D eigenvalue weighted by atomic mass is 32.2. The third-order valence-corrected chi connectivity index (χ3v) is 6.45. The van der Waals surface area contributed by atoms with Gasteiger partial charge in [0.2, 0.25) is 0 Å². The summed E-state index contributed by atoms with van der Waals surface area (Å²) in [5, 5.41) is 2.84. The number of rotatable bonds is 7. The highest BCUT2D eigenvalue weighted by Gasteiger charge is 2.31. The predicted molar refractivity (Wildman–Crippen MR) is 131 cm³/mol. The van der Waals surface area contributed by atoms with Gasteiger partial charge in [-0.2, -0.15) is 0 Å². The smallest absolute Gasteiger partial charge is 0.338 e. The zero-order chi connectivity index (χ0) is 23.0. The van der Waals surface area contributed by atoms with E-state index in [-0.39, 0.29) is 17.4 Å². The minimum atomic E-state index is -0.374. The van der Waals surface area contributed by atoms with Crippen LogP contribution in [0.15, 0.2) is 78.9 Å². The van der Waals surface area contributed by atoms with Gasteiger partial charge < -0.3 is 19.7 Å². The van der Waals surface area contributed by atoms with Crippen LogP contribution in [0, 0.1) is 0 Å². The monoisotopic (exact) mass is 462 g/mol. The molecular formula is C26H26N2O4S. The van der Waals surface area contributed by atoms with Crippen molar-refractivity contribution in [2.24, 2.45) is 0 Å². The lowest BCUT2D eigenvalue weighted by atomic mass is 10.2. The Morgan fingerprint density at radius 2 is 1.82 bits per heavy atom. The molecule has 1 heterocycles. The predicted octanol–water partition coefficient (Wildman–Crippen LogP) is 5.72. The van der Waals surface area contributed by atoms with Crippen LogP contribution >= 0.6 is 11.8 Å². The van der Waals surface area contributed by atoms with Gasteiger partial charge in [-0.25, -0.2) is 9.59 Å². The van der Waals surface area contributed by atoms with Gasteiger partial charge in [-0.3, -0.25) is 0 Å². The number of nitrogens with one attached hydrogen (secondary N) is 1. The van der Waals surface area contributed by atoms with Crippen LogP contribution in [0.2, 0.25) is 0 Å². The van der Waals surface area contributed by atoms with Crippen LogP contribution in [-0.2, 0) is 11.3 Å². The fourth-order valence-corrected chi connectivity index (χ4v) is 4.80. The van der Waals surface area contributed by atoms with E-state index >= 15 is 0 Å². The first-order chi connectivity index (χ1) is 16.1. The Morgan fingerprint density at radius 3 is 2.58 bits per heavy atom. The zero-order valence-electron chi connectivity index (χ0n) is 18.4. The Morgan fingerprint density at radius 1 is 1.03 bits per heavy atom. The molecule has 0 saturated carbocycles. The topological polar surface area (TPSA) is 67.9 Å². The number of carbonyl (C=O) groups is 2. The molecule has 0 bridgehead atoms. The SMILES string of the molecule is CCOC(=O)c1ccc(NC(=O)N2CCSC2c2cccc(OCc3ccccc3)c2)cc1. The number of esters is 1. The van der Waals surface area contributed by atoms with Gasteiger partial charge in [-0.15, -0.1) is 11.8 Å². The summed E-state index contributed by atoms with van der Waals surface area (Å²) in [6, 6.07) is 24.5. The second-order valence-corrected chi connectivity index (χ2v) is 8.68. The third-order valence-electron chi connectivity index (χ3n) is 5.19. The average molecular weight is 463 g/mol. The molecular weight excluding hydrogens is 436 g/mol. The van der Waals surface area contributed by atoms with Gasteiger partial charge in [0.1, 0.15) is 17.7 Å². The molecule has 0 aliphatic carbocycles. The number of nitrogens with zero attached hydrogens (tertiary/aromatic N) is 1. The molecule has 1 atom stereocenters. The first-order valence-electron chi connectivity index (χ1n) is 10.9. The Bertz CT molecular complexity index is 1090. The number of carbonyl (C=O) groups excluding carboxylic acids is 2. The van der Waals surface area contributed by atoms with Crippen LogP contribution in [-0.4, -0.2) is 35.8 Å². The van der Waals surface area contributed by atoms with Crippen molar-refractivity contribution in [3.05, 3.63) is 95.6 Å². The molecule has 170 valence electrons. The fraction of sp³-hybridized carbons (Fsp3) is 0.231. The minimum absolute atomic E-state index is 0.0934. The molecule has 33 heavy (non-hydrogen) atoms. The highest BCUT2D eigenvalue weighted by Crippen LogP contribution is 2.39. The quantitative estimate of drug-likeness (QED) is 0.455. The van der Waals surface area contributed by atoms with Crippen LogP contribution < -0.4 is 10.1 Å². The molecule has 6 nitrogen and oxygen atoms in total. The van der Waals surface area contributed by atoms with Crippen LogP contribution in [0.5, 0.6) is 5.75 Å². The first kappa shape index (κ1) is 22.7. The van der Waals surface area contributed by atoms with Gasteiger partial charge in [0.25, 0.3) is 0 Å². The minimum Gasteiger partial charge on any atom is -0.489 e. The fourth-order valence-electron chi connectivity index (χ4n) is 3.55. The number of benzene rings is 3. The van der Waals surface area contributed by atoms with Gasteiger partial charge in [0.05, 0.1) is 12.2 Å². The second kappa shape index (κ2) is 10.9. The number of thioether (sulfide) groups is 1. The highest BCUT2D eigenvalue weighted by molar-refractivity contribution is 7.99. The van der Waals surface area contributed by atoms with Gasteiger partial charge in [-0.1, -0.05) is 42.5 Å². The summed E-state index contributed by atoms with van der Waals surface area (Å²) in [4.78, 5) is 26.6. The molecule has 0 aromatic heterocycles. The average Bonchev–Trinajstić information content (AvgIpc) is 3.35. The van der Waals surface area contributed by atoms with E-state index in [1.165, 1.54) is 0 Å². The Hall–Kier alpha value is -3.45. The van der Waals surface area contributed by atoms with E-state index < -0.39 is 0 Å². The lowest BCUT2D eigenvalue weighted by Crippen LogP contribution is -2.34. The van der Waals surface area contributed by atoms with Crippen molar-refractivity contribution in [3.63, 3.8) is 0 Å². The number of anilines is 1. The summed E-state index contributed by atoms with van der Waals surface area (Å²) in [5.41, 5.74) is 3.21. The number of ether oxygens (including phenoxy) is 2. The van der Waals surface area contributed by atoms with Crippen LogP contribution in [0.4, 0.5) is 10.5 Å². The summed E-state index contributed by atoms with van der Waals surface area (Å²) in [6.45, 7) is 3.23. The second-order valence-electron chi connectivity index (χ2n) is 7.49. The number of amides is 2. The van der Waals surface area contributed by atoms with E-state index in [1.54, 1.807) is 43.0 Å². The summed E-state index contributed by atoms with van der Waals surface area (Å²) in [7, 11) is 0. The van der Waals surface area contributed by atoms with Gasteiger partial charge in [0, 0.05) is 18.0 Å². The van der Waals surface area contributed by atoms with Gasteiger partial charge >= 0.3 is 12.0 Å². The lowest BCUT2D eigenvalue weighted by Gasteiger charge is -2.25. The lowest BCUT2D eigenvalue weighted by molar-refractivity contribution is 0.0526. The normalized spacial score (nSPS) is 15.2. The largest absolute Gasteiger partial charge is 0.489 e. The van der Waals surface area contributed by atoms with E-state index in [0.29, 0.717) is 31.0 Å². The summed E-state index contributed by atoms with van der Waals surface area (Å²) in [6.07, 6.45) is 0.